The minimum Gasteiger partial charge on any atom is -0.344 e. The zero-order chi connectivity index (χ0) is 12.2. The lowest BCUT2D eigenvalue weighted by Crippen LogP contribution is -2.49. The Morgan fingerprint density at radius 1 is 1.44 bits per heavy atom. The molecule has 5 heteroatoms. The van der Waals surface area contributed by atoms with Gasteiger partial charge in [0.1, 0.15) is 0 Å². The molecule has 0 bridgehead atoms. The van der Waals surface area contributed by atoms with Crippen molar-refractivity contribution in [2.75, 3.05) is 11.8 Å². The van der Waals surface area contributed by atoms with Crippen LogP contribution >= 0.6 is 39.1 Å². The van der Waals surface area contributed by atoms with Gasteiger partial charge in [-0.25, -0.2) is 0 Å². The van der Waals surface area contributed by atoms with Crippen molar-refractivity contribution in [3.63, 3.8) is 0 Å². The van der Waals surface area contributed by atoms with E-state index in [1.54, 1.807) is 18.2 Å². The van der Waals surface area contributed by atoms with Gasteiger partial charge >= 0.3 is 0 Å². The lowest BCUT2D eigenvalue weighted by Gasteiger charge is -2.25. The third kappa shape index (κ3) is 3.65. The molecule has 0 aliphatic heterocycles. The van der Waals surface area contributed by atoms with Gasteiger partial charge in [0.2, 0.25) is 0 Å². The molecule has 88 valence electrons. The molecule has 0 aromatic heterocycles. The summed E-state index contributed by atoms with van der Waals surface area (Å²) in [6.07, 6.45) is 0. The molecule has 1 amide bonds. The summed E-state index contributed by atoms with van der Waals surface area (Å²) in [5.41, 5.74) is -0.00137. The minimum atomic E-state index is -0.581. The molecule has 0 spiro atoms. The first-order valence-corrected chi connectivity index (χ1v) is 6.57. The van der Waals surface area contributed by atoms with Gasteiger partial charge in [0, 0.05) is 21.8 Å². The average molecular weight is 325 g/mol. The van der Waals surface area contributed by atoms with Crippen LogP contribution in [0.25, 0.3) is 0 Å². The zero-order valence-corrected chi connectivity index (χ0v) is 11.9. The standard InChI is InChI=1S/C11H12BrCl2NO/c1-11(6-13,7-14)15-10(16)8-3-2-4-9(12)5-8/h2-5H,6-7H2,1H3,(H,15,16). The Morgan fingerprint density at radius 2 is 2.06 bits per heavy atom. The number of alkyl halides is 2. The van der Waals surface area contributed by atoms with Crippen LogP contribution in [0.3, 0.4) is 0 Å². The summed E-state index contributed by atoms with van der Waals surface area (Å²) < 4.78 is 0.860. The van der Waals surface area contributed by atoms with E-state index in [0.717, 1.165) is 4.47 Å². The van der Waals surface area contributed by atoms with Crippen LogP contribution in [0.2, 0.25) is 0 Å². The predicted molar refractivity (Wildman–Crippen MR) is 71.5 cm³/mol. The molecule has 0 radical (unpaired) electrons. The smallest absolute Gasteiger partial charge is 0.251 e. The van der Waals surface area contributed by atoms with Crippen LogP contribution in [0.5, 0.6) is 0 Å². The second-order valence-electron chi connectivity index (χ2n) is 3.79. The fourth-order valence-corrected chi connectivity index (χ4v) is 1.90. The van der Waals surface area contributed by atoms with Crippen LogP contribution in [0, 0.1) is 0 Å². The highest BCUT2D eigenvalue weighted by atomic mass is 79.9. The molecule has 0 saturated carbocycles. The van der Waals surface area contributed by atoms with E-state index in [2.05, 4.69) is 21.2 Å². The van der Waals surface area contributed by atoms with Gasteiger partial charge in [0.25, 0.3) is 5.91 Å². The Balaban J connectivity index is 2.80. The molecular weight excluding hydrogens is 313 g/mol. The molecule has 0 aliphatic carbocycles. The summed E-state index contributed by atoms with van der Waals surface area (Å²) in [7, 11) is 0. The third-order valence-corrected chi connectivity index (χ3v) is 3.76. The van der Waals surface area contributed by atoms with Gasteiger partial charge < -0.3 is 5.32 Å². The monoisotopic (exact) mass is 323 g/mol. The van der Waals surface area contributed by atoms with Gasteiger partial charge in [0.15, 0.2) is 0 Å². The molecule has 0 heterocycles. The van der Waals surface area contributed by atoms with Crippen LogP contribution in [0.15, 0.2) is 28.7 Å². The van der Waals surface area contributed by atoms with Gasteiger partial charge in [-0.2, -0.15) is 0 Å². The quantitative estimate of drug-likeness (QED) is 0.845. The van der Waals surface area contributed by atoms with E-state index in [0.29, 0.717) is 5.56 Å². The molecule has 1 aromatic rings. The predicted octanol–water partition coefficient (Wildman–Crippen LogP) is 3.42. The molecule has 0 saturated heterocycles. The molecule has 1 aromatic carbocycles. The Morgan fingerprint density at radius 3 is 2.56 bits per heavy atom. The van der Waals surface area contributed by atoms with Crippen molar-refractivity contribution >= 4 is 45.0 Å². The number of amides is 1. The maximum absolute atomic E-state index is 11.9. The van der Waals surface area contributed by atoms with Gasteiger partial charge in [0.05, 0.1) is 5.54 Å². The van der Waals surface area contributed by atoms with Crippen molar-refractivity contribution in [3.05, 3.63) is 34.3 Å². The Labute approximate surface area is 113 Å². The summed E-state index contributed by atoms with van der Waals surface area (Å²) in [5.74, 6) is 0.372. The van der Waals surface area contributed by atoms with Crippen molar-refractivity contribution in [1.82, 2.24) is 5.32 Å². The number of hydrogen-bond donors (Lipinski definition) is 1. The van der Waals surface area contributed by atoms with E-state index in [-0.39, 0.29) is 17.7 Å². The molecule has 0 atom stereocenters. The second kappa shape index (κ2) is 5.89. The molecule has 0 aliphatic rings. The van der Waals surface area contributed by atoms with Crippen LogP contribution < -0.4 is 5.32 Å². The topological polar surface area (TPSA) is 29.1 Å². The summed E-state index contributed by atoms with van der Waals surface area (Å²) in [6.45, 7) is 1.81. The summed E-state index contributed by atoms with van der Waals surface area (Å²) in [4.78, 5) is 11.9. The summed E-state index contributed by atoms with van der Waals surface area (Å²) in [6, 6.07) is 7.15. The lowest BCUT2D eigenvalue weighted by atomic mass is 10.1. The number of benzene rings is 1. The first kappa shape index (κ1) is 13.8. The van der Waals surface area contributed by atoms with E-state index in [1.807, 2.05) is 13.0 Å². The summed E-state index contributed by atoms with van der Waals surface area (Å²) in [5, 5.41) is 2.81. The number of rotatable bonds is 4. The fourth-order valence-electron chi connectivity index (χ4n) is 1.08. The third-order valence-electron chi connectivity index (χ3n) is 2.09. The van der Waals surface area contributed by atoms with Crippen molar-refractivity contribution in [2.24, 2.45) is 0 Å². The summed E-state index contributed by atoms with van der Waals surface area (Å²) >= 11 is 14.8. The molecule has 2 nitrogen and oxygen atoms in total. The highest BCUT2D eigenvalue weighted by Gasteiger charge is 2.24. The number of hydrogen-bond acceptors (Lipinski definition) is 1. The first-order valence-electron chi connectivity index (χ1n) is 4.71. The number of nitrogens with one attached hydrogen (secondary N) is 1. The highest BCUT2D eigenvalue weighted by molar-refractivity contribution is 9.10. The maximum atomic E-state index is 11.9. The van der Waals surface area contributed by atoms with Gasteiger partial charge in [-0.05, 0) is 25.1 Å². The number of halogens is 3. The lowest BCUT2D eigenvalue weighted by molar-refractivity contribution is 0.0921. The second-order valence-corrected chi connectivity index (χ2v) is 5.24. The van der Waals surface area contributed by atoms with Crippen LogP contribution in [-0.4, -0.2) is 23.2 Å². The molecule has 0 unspecified atom stereocenters. The minimum absolute atomic E-state index is 0.176. The SMILES string of the molecule is CC(CCl)(CCl)NC(=O)c1cccc(Br)c1. The van der Waals surface area contributed by atoms with Crippen LogP contribution in [-0.2, 0) is 0 Å². The van der Waals surface area contributed by atoms with Gasteiger partial charge in [-0.1, -0.05) is 22.0 Å². The molecule has 16 heavy (non-hydrogen) atoms. The highest BCUT2D eigenvalue weighted by Crippen LogP contribution is 2.14. The van der Waals surface area contributed by atoms with Gasteiger partial charge in [-0.15, -0.1) is 23.2 Å². The maximum Gasteiger partial charge on any atom is 0.251 e. The molecular formula is C11H12BrCl2NO. The first-order chi connectivity index (χ1) is 7.50. The van der Waals surface area contributed by atoms with E-state index in [4.69, 9.17) is 23.2 Å². The molecule has 1 rings (SSSR count). The fraction of sp³-hybridized carbons (Fsp3) is 0.364. The van der Waals surface area contributed by atoms with Crippen molar-refractivity contribution < 1.29 is 4.79 Å². The van der Waals surface area contributed by atoms with E-state index >= 15 is 0 Å². The molecule has 0 fully saturated rings. The average Bonchev–Trinajstić information content (AvgIpc) is 2.29. The number of carbonyl (C=O) groups is 1. The van der Waals surface area contributed by atoms with Crippen LogP contribution in [0.4, 0.5) is 0 Å². The Bertz CT molecular complexity index is 380. The van der Waals surface area contributed by atoms with Gasteiger partial charge in [-0.3, -0.25) is 4.79 Å². The Hall–Kier alpha value is -0.250. The normalized spacial score (nSPS) is 11.2. The van der Waals surface area contributed by atoms with Crippen molar-refractivity contribution in [2.45, 2.75) is 12.5 Å². The largest absolute Gasteiger partial charge is 0.344 e. The van der Waals surface area contributed by atoms with E-state index in [9.17, 15) is 4.79 Å². The zero-order valence-electron chi connectivity index (χ0n) is 8.77. The molecule has 1 N–H and O–H groups in total. The van der Waals surface area contributed by atoms with Crippen molar-refractivity contribution in [1.29, 1.82) is 0 Å². The van der Waals surface area contributed by atoms with Crippen LogP contribution in [0.1, 0.15) is 17.3 Å². The van der Waals surface area contributed by atoms with E-state index in [1.165, 1.54) is 0 Å². The van der Waals surface area contributed by atoms with Crippen molar-refractivity contribution in [3.8, 4) is 0 Å². The Kier molecular flexibility index (Phi) is 5.09. The van der Waals surface area contributed by atoms with E-state index < -0.39 is 5.54 Å². The number of carbonyl (C=O) groups excluding carboxylic acids is 1.